The summed E-state index contributed by atoms with van der Waals surface area (Å²) in [6.07, 6.45) is 0. The lowest BCUT2D eigenvalue weighted by atomic mass is 10.1. The molecule has 0 aliphatic carbocycles. The Bertz CT molecular complexity index is 1180. The number of halogens is 1. The molecule has 3 aromatic carbocycles. The van der Waals surface area contributed by atoms with Crippen LogP contribution < -0.4 is 0 Å². The highest BCUT2D eigenvalue weighted by Crippen LogP contribution is 2.31. The Kier molecular flexibility index (Phi) is 4.80. The van der Waals surface area contributed by atoms with E-state index < -0.39 is 5.82 Å². The fraction of sp³-hybridized carbons (Fsp3) is 0. The van der Waals surface area contributed by atoms with Gasteiger partial charge < -0.3 is 0 Å². The summed E-state index contributed by atoms with van der Waals surface area (Å²) in [6.45, 7) is 7.20. The molecule has 5 heteroatoms. The van der Waals surface area contributed by atoms with E-state index in [1.54, 1.807) is 6.07 Å². The second-order valence-corrected chi connectivity index (χ2v) is 6.27. The average molecular weight is 376 g/mol. The molecule has 0 atom stereocenters. The van der Waals surface area contributed by atoms with Gasteiger partial charge in [-0.2, -0.15) is 5.26 Å². The summed E-state index contributed by atoms with van der Waals surface area (Å²) in [7, 11) is 0. The van der Waals surface area contributed by atoms with Crippen molar-refractivity contribution in [3.8, 4) is 40.0 Å². The first-order chi connectivity index (χ1) is 14.2. The summed E-state index contributed by atoms with van der Waals surface area (Å²) >= 11 is 0. The number of hydrogen-bond acceptors (Lipinski definition) is 3. The molecule has 4 nitrogen and oxygen atoms in total. The molecule has 4 rings (SSSR count). The van der Waals surface area contributed by atoms with Crippen LogP contribution in [0, 0.1) is 23.7 Å². The van der Waals surface area contributed by atoms with E-state index in [1.165, 1.54) is 12.1 Å². The first-order valence-corrected chi connectivity index (χ1v) is 8.81. The Hall–Kier alpha value is -4.35. The van der Waals surface area contributed by atoms with E-state index in [-0.39, 0.29) is 11.3 Å². The van der Waals surface area contributed by atoms with E-state index in [4.69, 9.17) is 6.57 Å². The molecule has 0 bridgehead atoms. The van der Waals surface area contributed by atoms with Crippen LogP contribution in [-0.2, 0) is 0 Å². The predicted molar refractivity (Wildman–Crippen MR) is 109 cm³/mol. The summed E-state index contributed by atoms with van der Waals surface area (Å²) in [6, 6.07) is 25.7. The summed E-state index contributed by atoms with van der Waals surface area (Å²) in [5.41, 5.74) is 3.19. The van der Waals surface area contributed by atoms with Gasteiger partial charge >= 0.3 is 0 Å². The number of nitriles is 1. The number of rotatable bonds is 3. The Balaban J connectivity index is 1.97. The van der Waals surface area contributed by atoms with Gasteiger partial charge in [0, 0.05) is 16.7 Å². The van der Waals surface area contributed by atoms with E-state index in [0.29, 0.717) is 22.8 Å². The second kappa shape index (κ2) is 7.72. The third-order valence-electron chi connectivity index (χ3n) is 4.42. The van der Waals surface area contributed by atoms with Gasteiger partial charge in [0.05, 0.1) is 23.5 Å². The highest BCUT2D eigenvalue weighted by molar-refractivity contribution is 5.74. The smallest absolute Gasteiger partial charge is 0.224 e. The minimum Gasteiger partial charge on any atom is -0.235 e. The van der Waals surface area contributed by atoms with Crippen LogP contribution in [0.5, 0.6) is 0 Å². The maximum Gasteiger partial charge on any atom is 0.224 e. The average Bonchev–Trinajstić information content (AvgIpc) is 2.80. The number of aromatic nitrogens is 2. The molecular formula is C24H13FN4. The van der Waals surface area contributed by atoms with Crippen molar-refractivity contribution in [2.75, 3.05) is 0 Å². The van der Waals surface area contributed by atoms with Crippen LogP contribution in [0.2, 0.25) is 0 Å². The first kappa shape index (κ1) is 18.0. The maximum atomic E-state index is 14.2. The van der Waals surface area contributed by atoms with E-state index in [2.05, 4.69) is 14.8 Å². The maximum absolute atomic E-state index is 14.2. The van der Waals surface area contributed by atoms with Gasteiger partial charge in [-0.15, -0.1) is 0 Å². The van der Waals surface area contributed by atoms with Crippen LogP contribution in [0.15, 0.2) is 78.9 Å². The zero-order valence-corrected chi connectivity index (χ0v) is 15.2. The third kappa shape index (κ3) is 3.58. The SMILES string of the molecule is [C-]#[N+]c1cc(-c2nc(-c3ccccc3)cc(-c3ccccc3)n2)cc(C#N)c1F. The summed E-state index contributed by atoms with van der Waals surface area (Å²) in [5.74, 6) is -0.500. The van der Waals surface area contributed by atoms with Crippen molar-refractivity contribution >= 4 is 5.69 Å². The van der Waals surface area contributed by atoms with Gasteiger partial charge in [-0.05, 0) is 18.2 Å². The lowest BCUT2D eigenvalue weighted by Crippen LogP contribution is -1.97. The molecule has 29 heavy (non-hydrogen) atoms. The van der Waals surface area contributed by atoms with Crippen molar-refractivity contribution in [3.63, 3.8) is 0 Å². The van der Waals surface area contributed by atoms with Gasteiger partial charge in [0.15, 0.2) is 5.82 Å². The van der Waals surface area contributed by atoms with Crippen molar-refractivity contribution in [2.45, 2.75) is 0 Å². The Morgan fingerprint density at radius 1 is 0.793 bits per heavy atom. The molecule has 0 spiro atoms. The Morgan fingerprint density at radius 3 is 1.83 bits per heavy atom. The minimum atomic E-state index is -0.825. The molecule has 4 aromatic rings. The van der Waals surface area contributed by atoms with E-state index in [9.17, 15) is 9.65 Å². The van der Waals surface area contributed by atoms with E-state index in [0.717, 1.165) is 11.1 Å². The van der Waals surface area contributed by atoms with Gasteiger partial charge in [-0.25, -0.2) is 19.2 Å². The van der Waals surface area contributed by atoms with E-state index in [1.807, 2.05) is 66.7 Å². The van der Waals surface area contributed by atoms with Gasteiger partial charge in [-0.3, -0.25) is 0 Å². The van der Waals surface area contributed by atoms with Crippen molar-refractivity contribution in [3.05, 3.63) is 102 Å². The summed E-state index contributed by atoms with van der Waals surface area (Å²) < 4.78 is 14.2. The lowest BCUT2D eigenvalue weighted by molar-refractivity contribution is 0.630. The standard InChI is InChI=1S/C24H13FN4/c1-27-22-13-18(12-19(15-26)23(22)25)24-28-20(16-8-4-2-5-9-16)14-21(29-24)17-10-6-3-7-11-17/h2-14H. The Labute approximate surface area is 167 Å². The summed E-state index contributed by atoms with van der Waals surface area (Å²) in [4.78, 5) is 12.5. The van der Waals surface area contributed by atoms with Crippen LogP contribution in [-0.4, -0.2) is 9.97 Å². The minimum absolute atomic E-state index is 0.205. The van der Waals surface area contributed by atoms with Crippen LogP contribution in [0.4, 0.5) is 10.1 Å². The van der Waals surface area contributed by atoms with Crippen molar-refractivity contribution < 1.29 is 4.39 Å². The van der Waals surface area contributed by atoms with Gasteiger partial charge in [-0.1, -0.05) is 60.7 Å². The second-order valence-electron chi connectivity index (χ2n) is 6.27. The summed E-state index contributed by atoms with van der Waals surface area (Å²) in [5, 5.41) is 9.24. The molecule has 0 N–H and O–H groups in total. The molecule has 1 aromatic heterocycles. The zero-order chi connectivity index (χ0) is 20.2. The first-order valence-electron chi connectivity index (χ1n) is 8.81. The van der Waals surface area contributed by atoms with Crippen LogP contribution in [0.3, 0.4) is 0 Å². The molecule has 0 radical (unpaired) electrons. The molecule has 0 aliphatic rings. The fourth-order valence-corrected chi connectivity index (χ4v) is 2.99. The number of hydrogen-bond donors (Lipinski definition) is 0. The van der Waals surface area contributed by atoms with Crippen LogP contribution >= 0.6 is 0 Å². The molecule has 136 valence electrons. The van der Waals surface area contributed by atoms with Crippen LogP contribution in [0.1, 0.15) is 5.56 Å². The normalized spacial score (nSPS) is 10.2. The monoisotopic (exact) mass is 376 g/mol. The van der Waals surface area contributed by atoms with Gasteiger partial charge in [0.1, 0.15) is 11.9 Å². The lowest BCUT2D eigenvalue weighted by Gasteiger charge is -2.10. The largest absolute Gasteiger partial charge is 0.235 e. The molecule has 1 heterocycles. The van der Waals surface area contributed by atoms with E-state index >= 15 is 0 Å². The van der Waals surface area contributed by atoms with Gasteiger partial charge in [0.25, 0.3) is 0 Å². The molecule has 0 aliphatic heterocycles. The molecule has 0 saturated carbocycles. The zero-order valence-electron chi connectivity index (χ0n) is 15.2. The van der Waals surface area contributed by atoms with Gasteiger partial charge in [0.2, 0.25) is 5.69 Å². The predicted octanol–water partition coefficient (Wildman–Crippen LogP) is 6.04. The topological polar surface area (TPSA) is 53.9 Å². The third-order valence-corrected chi connectivity index (χ3v) is 4.42. The van der Waals surface area contributed by atoms with Crippen molar-refractivity contribution in [1.29, 1.82) is 5.26 Å². The molecule has 0 fully saturated rings. The fourth-order valence-electron chi connectivity index (χ4n) is 2.99. The number of nitrogens with zero attached hydrogens (tertiary/aromatic N) is 4. The quantitative estimate of drug-likeness (QED) is 0.410. The highest BCUT2D eigenvalue weighted by Gasteiger charge is 2.15. The Morgan fingerprint density at radius 2 is 1.34 bits per heavy atom. The molecule has 0 saturated heterocycles. The molecule has 0 amide bonds. The number of benzene rings is 3. The van der Waals surface area contributed by atoms with Crippen molar-refractivity contribution in [1.82, 2.24) is 9.97 Å². The molecule has 0 unspecified atom stereocenters. The van der Waals surface area contributed by atoms with Crippen LogP contribution in [0.25, 0.3) is 38.7 Å². The van der Waals surface area contributed by atoms with Crippen molar-refractivity contribution in [2.24, 2.45) is 0 Å². The molecular weight excluding hydrogens is 363 g/mol. The highest BCUT2D eigenvalue weighted by atomic mass is 19.1.